The molecule has 2 N–H and O–H groups in total. The molecule has 0 atom stereocenters. The molecule has 0 unspecified atom stereocenters. The van der Waals surface area contributed by atoms with Gasteiger partial charge in [-0.25, -0.2) is 4.79 Å². The Balaban J connectivity index is 1.73. The lowest BCUT2D eigenvalue weighted by molar-refractivity contribution is 0.0598. The van der Waals surface area contributed by atoms with E-state index in [-0.39, 0.29) is 29.0 Å². The Labute approximate surface area is 146 Å². The van der Waals surface area contributed by atoms with Crippen molar-refractivity contribution >= 4 is 17.7 Å². The number of para-hydroxylation sites is 1. The molecule has 130 valence electrons. The lowest BCUT2D eigenvalue weighted by atomic mass is 10.2. The number of ether oxygens (including phenoxy) is 2. The van der Waals surface area contributed by atoms with E-state index in [9.17, 15) is 4.79 Å². The summed E-state index contributed by atoms with van der Waals surface area (Å²) in [5, 5.41) is 4.19. The molecule has 0 aliphatic carbocycles. The maximum Gasteiger partial charge on any atom is 0.341 e. The lowest BCUT2D eigenvalue weighted by Crippen LogP contribution is -2.07. The molecule has 3 heterocycles. The van der Waals surface area contributed by atoms with Crippen molar-refractivity contribution < 1.29 is 18.7 Å². The highest BCUT2D eigenvalue weighted by molar-refractivity contribution is 5.92. The molecule has 10 nitrogen and oxygen atoms in total. The normalized spacial score (nSPS) is 10.8. The number of furan rings is 1. The van der Waals surface area contributed by atoms with Crippen molar-refractivity contribution in [2.45, 2.75) is 0 Å². The number of nitrogens with two attached hydrogens (primary N) is 1. The van der Waals surface area contributed by atoms with Crippen LogP contribution < -0.4 is 10.5 Å². The smallest absolute Gasteiger partial charge is 0.341 e. The van der Waals surface area contributed by atoms with E-state index in [1.807, 2.05) is 0 Å². The molecule has 0 aliphatic heterocycles. The molecule has 26 heavy (non-hydrogen) atoms. The molecule has 10 heteroatoms. The van der Waals surface area contributed by atoms with Crippen LogP contribution in [0.25, 0.3) is 17.4 Å². The summed E-state index contributed by atoms with van der Waals surface area (Å²) < 4.78 is 16.9. The number of nitrogens with zero attached hydrogens (tertiary/aromatic N) is 5. The van der Waals surface area contributed by atoms with Crippen molar-refractivity contribution in [3.63, 3.8) is 0 Å². The highest BCUT2D eigenvalue weighted by Crippen LogP contribution is 2.25. The molecule has 0 amide bonds. The van der Waals surface area contributed by atoms with Crippen LogP contribution in [-0.4, -0.2) is 37.6 Å². The van der Waals surface area contributed by atoms with Gasteiger partial charge in [-0.05, 0) is 24.3 Å². The quantitative estimate of drug-likeness (QED) is 0.547. The van der Waals surface area contributed by atoms with Gasteiger partial charge in [-0.15, -0.1) is 5.10 Å². The Morgan fingerprint density at radius 2 is 2.00 bits per heavy atom. The van der Waals surface area contributed by atoms with Gasteiger partial charge in [0.2, 0.25) is 11.8 Å². The topological polar surface area (TPSA) is 131 Å². The molecule has 0 spiro atoms. The molecule has 3 aromatic heterocycles. The maximum atomic E-state index is 11.8. The number of aromatic nitrogens is 5. The van der Waals surface area contributed by atoms with Crippen molar-refractivity contribution in [1.82, 2.24) is 24.6 Å². The van der Waals surface area contributed by atoms with Gasteiger partial charge in [-0.2, -0.15) is 19.5 Å². The minimum atomic E-state index is -0.544. The van der Waals surface area contributed by atoms with Crippen LogP contribution in [0.3, 0.4) is 0 Å². The molecule has 0 fully saturated rings. The third-order valence-electron chi connectivity index (χ3n) is 3.45. The van der Waals surface area contributed by atoms with Gasteiger partial charge in [0.25, 0.3) is 5.78 Å². The third kappa shape index (κ3) is 2.69. The van der Waals surface area contributed by atoms with Crippen molar-refractivity contribution in [1.29, 1.82) is 0 Å². The summed E-state index contributed by atoms with van der Waals surface area (Å²) in [5.41, 5.74) is 6.14. The van der Waals surface area contributed by atoms with E-state index in [2.05, 4.69) is 20.1 Å². The van der Waals surface area contributed by atoms with Gasteiger partial charge < -0.3 is 19.6 Å². The second kappa shape index (κ2) is 6.16. The number of esters is 1. The Bertz CT molecular complexity index is 1090. The van der Waals surface area contributed by atoms with Crippen LogP contribution in [0.1, 0.15) is 10.4 Å². The third-order valence-corrected chi connectivity index (χ3v) is 3.45. The van der Waals surface area contributed by atoms with Gasteiger partial charge in [-0.3, -0.25) is 0 Å². The minimum Gasteiger partial charge on any atom is -0.465 e. The predicted octanol–water partition coefficient (Wildman–Crippen LogP) is 1.94. The highest BCUT2D eigenvalue weighted by atomic mass is 16.5. The van der Waals surface area contributed by atoms with Gasteiger partial charge in [0.05, 0.1) is 13.4 Å². The molecule has 0 saturated heterocycles. The summed E-state index contributed by atoms with van der Waals surface area (Å²) in [6.45, 7) is 0. The predicted molar refractivity (Wildman–Crippen MR) is 88.5 cm³/mol. The number of hydrogen-bond donors (Lipinski definition) is 1. The summed E-state index contributed by atoms with van der Waals surface area (Å²) in [4.78, 5) is 24.3. The van der Waals surface area contributed by atoms with Crippen LogP contribution in [0.2, 0.25) is 0 Å². The summed E-state index contributed by atoms with van der Waals surface area (Å²) in [6, 6.07) is 9.89. The van der Waals surface area contributed by atoms with Gasteiger partial charge in [0.15, 0.2) is 5.76 Å². The monoisotopic (exact) mass is 352 g/mol. The van der Waals surface area contributed by atoms with Crippen LogP contribution in [0.5, 0.6) is 11.8 Å². The first-order chi connectivity index (χ1) is 12.7. The van der Waals surface area contributed by atoms with Crippen molar-refractivity contribution in [3.05, 3.63) is 48.2 Å². The fraction of sp³-hybridized carbons (Fsp3) is 0.0625. The summed E-state index contributed by atoms with van der Waals surface area (Å²) in [7, 11) is 1.28. The van der Waals surface area contributed by atoms with Crippen LogP contribution in [0, 0.1) is 0 Å². The molecule has 0 aliphatic rings. The number of rotatable bonds is 4. The number of hydrogen-bond acceptors (Lipinski definition) is 9. The van der Waals surface area contributed by atoms with Crippen molar-refractivity contribution in [3.8, 4) is 23.3 Å². The fourth-order valence-corrected chi connectivity index (χ4v) is 2.27. The second-order valence-electron chi connectivity index (χ2n) is 5.08. The molecule has 0 radical (unpaired) electrons. The zero-order chi connectivity index (χ0) is 18.1. The van der Waals surface area contributed by atoms with Crippen LogP contribution in [0.4, 0.5) is 5.95 Å². The number of benzene rings is 1. The zero-order valence-electron chi connectivity index (χ0n) is 13.5. The molecular formula is C16H12N6O4. The Morgan fingerprint density at radius 1 is 1.15 bits per heavy atom. The number of nitrogen functional groups attached to an aromatic ring is 1. The van der Waals surface area contributed by atoms with Gasteiger partial charge >= 0.3 is 12.0 Å². The number of methoxy groups -OCH3 is 1. The average molecular weight is 352 g/mol. The minimum absolute atomic E-state index is 0.0193. The van der Waals surface area contributed by atoms with Crippen molar-refractivity contribution in [2.75, 3.05) is 12.8 Å². The number of carbonyl (C=O) groups is 1. The van der Waals surface area contributed by atoms with E-state index in [0.717, 1.165) is 0 Å². The number of fused-ring (bicyclic) bond motifs is 1. The van der Waals surface area contributed by atoms with Crippen molar-refractivity contribution in [2.24, 2.45) is 0 Å². The largest absolute Gasteiger partial charge is 0.465 e. The van der Waals surface area contributed by atoms with Crippen LogP contribution >= 0.6 is 0 Å². The molecule has 4 aromatic rings. The summed E-state index contributed by atoms with van der Waals surface area (Å²) in [5.74, 6) is 0.655. The first-order valence-corrected chi connectivity index (χ1v) is 7.45. The highest BCUT2D eigenvalue weighted by Gasteiger charge is 2.17. The lowest BCUT2D eigenvalue weighted by Gasteiger charge is -2.08. The average Bonchev–Trinajstić information content (AvgIpc) is 3.31. The standard InChI is InChI=1S/C16H12N6O4/c1-24-13(23)9-5-2-3-6-10(9)26-16-19-14(17)22-15(20-16)18-12(21-22)11-7-4-8-25-11/h2-8H,1H3,(H2,17,18,19,20,21). The fourth-order valence-electron chi connectivity index (χ4n) is 2.27. The summed E-state index contributed by atoms with van der Waals surface area (Å²) >= 11 is 0. The van der Waals surface area contributed by atoms with Crippen LogP contribution in [-0.2, 0) is 4.74 Å². The SMILES string of the molecule is COC(=O)c1ccccc1Oc1nc(N)n2nc(-c3ccco3)nc2n1. The second-order valence-corrected chi connectivity index (χ2v) is 5.08. The molecular weight excluding hydrogens is 340 g/mol. The van der Waals surface area contributed by atoms with E-state index in [0.29, 0.717) is 11.6 Å². The Hall–Kier alpha value is -3.95. The van der Waals surface area contributed by atoms with E-state index in [1.54, 1.807) is 36.4 Å². The van der Waals surface area contributed by atoms with Crippen LogP contribution in [0.15, 0.2) is 47.1 Å². The molecule has 0 saturated carbocycles. The Kier molecular flexibility index (Phi) is 3.69. The van der Waals surface area contributed by atoms with Gasteiger partial charge in [0, 0.05) is 0 Å². The van der Waals surface area contributed by atoms with Gasteiger partial charge in [-0.1, -0.05) is 12.1 Å². The first kappa shape index (κ1) is 15.6. The van der Waals surface area contributed by atoms with E-state index in [4.69, 9.17) is 19.6 Å². The maximum absolute atomic E-state index is 11.8. The summed E-state index contributed by atoms with van der Waals surface area (Å²) in [6.07, 6.45) is 1.51. The number of carbonyl (C=O) groups excluding carboxylic acids is 1. The van der Waals surface area contributed by atoms with E-state index in [1.165, 1.54) is 17.9 Å². The first-order valence-electron chi connectivity index (χ1n) is 7.45. The van der Waals surface area contributed by atoms with Gasteiger partial charge in [0.1, 0.15) is 11.3 Å². The Morgan fingerprint density at radius 3 is 2.77 bits per heavy atom. The molecule has 4 rings (SSSR count). The molecule has 1 aromatic carbocycles. The zero-order valence-corrected chi connectivity index (χ0v) is 13.5. The molecule has 0 bridgehead atoms. The number of anilines is 1. The van der Waals surface area contributed by atoms with E-state index < -0.39 is 5.97 Å². The van der Waals surface area contributed by atoms with E-state index >= 15 is 0 Å².